The van der Waals surface area contributed by atoms with Gasteiger partial charge in [-0.15, -0.1) is 0 Å². The van der Waals surface area contributed by atoms with Crippen molar-refractivity contribution >= 4 is 15.8 Å². The van der Waals surface area contributed by atoms with Gasteiger partial charge in [-0.2, -0.15) is 5.26 Å². The fraction of sp³-hybridized carbons (Fsp3) is 0.667. The molecule has 0 aromatic carbocycles. The normalized spacial score (nSPS) is 21.6. The van der Waals surface area contributed by atoms with Crippen LogP contribution in [0.1, 0.15) is 48.9 Å². The molecule has 1 spiro atoms. The van der Waals surface area contributed by atoms with Gasteiger partial charge in [0.25, 0.3) is 0 Å². The van der Waals surface area contributed by atoms with E-state index in [1.165, 1.54) is 43.4 Å². The second kappa shape index (κ2) is 6.48. The summed E-state index contributed by atoms with van der Waals surface area (Å²) in [5.41, 5.74) is 3.33. The Morgan fingerprint density at radius 1 is 1.35 bits per heavy atom. The Bertz CT molecular complexity index is 852. The van der Waals surface area contributed by atoms with Crippen LogP contribution in [0.2, 0.25) is 0 Å². The Labute approximate surface area is 154 Å². The molecule has 2 N–H and O–H groups in total. The van der Waals surface area contributed by atoms with Gasteiger partial charge >= 0.3 is 0 Å². The minimum Gasteiger partial charge on any atom is -0.373 e. The summed E-state index contributed by atoms with van der Waals surface area (Å²) >= 11 is 0. The van der Waals surface area contributed by atoms with Crippen LogP contribution in [0.4, 0.5) is 5.82 Å². The Kier molecular flexibility index (Phi) is 4.41. The number of nitrogens with zero attached hydrogens (tertiary/aromatic N) is 3. The van der Waals surface area contributed by atoms with Gasteiger partial charge in [-0.3, -0.25) is 0 Å². The lowest BCUT2D eigenvalue weighted by Gasteiger charge is -2.46. The molecule has 8 heteroatoms. The number of sulfonamides is 1. The first-order valence-corrected chi connectivity index (χ1v) is 10.9. The molecule has 1 saturated carbocycles. The van der Waals surface area contributed by atoms with Crippen molar-refractivity contribution in [3.8, 4) is 6.07 Å². The number of aromatic nitrogens is 1. The van der Waals surface area contributed by atoms with Gasteiger partial charge in [-0.05, 0) is 43.7 Å². The summed E-state index contributed by atoms with van der Waals surface area (Å²) in [4.78, 5) is 7.02. The lowest BCUT2D eigenvalue weighted by Crippen LogP contribution is -2.53. The third kappa shape index (κ3) is 3.20. The molecule has 1 saturated heterocycles. The highest BCUT2D eigenvalue weighted by Gasteiger charge is 2.44. The lowest BCUT2D eigenvalue weighted by atomic mass is 9.60. The predicted octanol–water partition coefficient (Wildman–Crippen LogP) is 1.20. The van der Waals surface area contributed by atoms with Gasteiger partial charge in [0.05, 0.1) is 29.7 Å². The number of nitrogens with two attached hydrogens (primary N) is 1. The van der Waals surface area contributed by atoms with Crippen molar-refractivity contribution in [2.45, 2.75) is 50.0 Å². The lowest BCUT2D eigenvalue weighted by molar-refractivity contribution is 0.0437. The smallest absolute Gasteiger partial charge is 0.211 e. The molecule has 1 aromatic heterocycles. The molecular formula is C18H24N4O3S. The van der Waals surface area contributed by atoms with E-state index in [0.29, 0.717) is 18.7 Å². The van der Waals surface area contributed by atoms with Crippen LogP contribution in [0.5, 0.6) is 0 Å². The zero-order valence-electron chi connectivity index (χ0n) is 14.8. The predicted molar refractivity (Wildman–Crippen MR) is 97.3 cm³/mol. The molecule has 4 rings (SSSR count). The zero-order chi connectivity index (χ0) is 18.4. The van der Waals surface area contributed by atoms with E-state index in [4.69, 9.17) is 14.9 Å². The fourth-order valence-electron chi connectivity index (χ4n) is 4.39. The van der Waals surface area contributed by atoms with E-state index in [1.54, 1.807) is 0 Å². The van der Waals surface area contributed by atoms with Gasteiger partial charge in [0.15, 0.2) is 0 Å². The molecule has 2 heterocycles. The van der Waals surface area contributed by atoms with E-state index < -0.39 is 10.0 Å². The minimum atomic E-state index is -3.49. The van der Waals surface area contributed by atoms with Crippen molar-refractivity contribution in [1.29, 1.82) is 5.26 Å². The average molecular weight is 376 g/mol. The van der Waals surface area contributed by atoms with Crippen LogP contribution < -0.4 is 10.0 Å². The maximum absolute atomic E-state index is 11.0. The molecule has 0 unspecified atom stereocenters. The Morgan fingerprint density at radius 3 is 2.69 bits per heavy atom. The second-order valence-electron chi connectivity index (χ2n) is 7.73. The van der Waals surface area contributed by atoms with Crippen LogP contribution in [-0.2, 0) is 26.6 Å². The summed E-state index contributed by atoms with van der Waals surface area (Å²) in [6, 6.07) is 4.33. The summed E-state index contributed by atoms with van der Waals surface area (Å²) in [5.74, 6) is 0.581. The molecule has 1 aliphatic heterocycles. The quantitative estimate of drug-likeness (QED) is 0.827. The van der Waals surface area contributed by atoms with Crippen molar-refractivity contribution in [1.82, 2.24) is 4.98 Å². The topological polar surface area (TPSA) is 109 Å². The molecule has 26 heavy (non-hydrogen) atoms. The van der Waals surface area contributed by atoms with E-state index in [9.17, 15) is 13.7 Å². The number of primary sulfonamides is 1. The summed E-state index contributed by atoms with van der Waals surface area (Å²) in [5, 5.41) is 14.5. The fourth-order valence-corrected chi connectivity index (χ4v) is 4.72. The van der Waals surface area contributed by atoms with E-state index in [1.807, 2.05) is 6.07 Å². The summed E-state index contributed by atoms with van der Waals surface area (Å²) in [6.07, 6.45) is 7.03. The number of nitriles is 1. The Hall–Kier alpha value is -1.69. The van der Waals surface area contributed by atoms with E-state index in [2.05, 4.69) is 11.0 Å². The molecule has 0 atom stereocenters. The number of fused-ring (bicyclic) bond motifs is 2. The molecule has 140 valence electrons. The molecule has 0 radical (unpaired) electrons. The maximum Gasteiger partial charge on any atom is 0.211 e. The molecule has 0 amide bonds. The van der Waals surface area contributed by atoms with Gasteiger partial charge in [0.2, 0.25) is 10.0 Å². The number of anilines is 1. The molecule has 2 aliphatic carbocycles. The maximum atomic E-state index is 11.0. The number of pyridine rings is 1. The summed E-state index contributed by atoms with van der Waals surface area (Å²) < 4.78 is 27.5. The Balaban J connectivity index is 1.48. The molecule has 3 aliphatic rings. The van der Waals surface area contributed by atoms with Crippen molar-refractivity contribution in [2.75, 3.05) is 30.3 Å². The number of hydrogen-bond donors (Lipinski definition) is 1. The summed E-state index contributed by atoms with van der Waals surface area (Å²) in [6.45, 7) is 1.35. The van der Waals surface area contributed by atoms with Crippen LogP contribution in [-0.4, -0.2) is 45.0 Å². The van der Waals surface area contributed by atoms with Crippen LogP contribution in [0.15, 0.2) is 6.07 Å². The molecule has 1 aromatic rings. The number of rotatable bonds is 5. The highest BCUT2D eigenvalue weighted by molar-refractivity contribution is 7.89. The van der Waals surface area contributed by atoms with Gasteiger partial charge in [0.1, 0.15) is 11.9 Å². The van der Waals surface area contributed by atoms with Crippen LogP contribution in [0.3, 0.4) is 0 Å². The van der Waals surface area contributed by atoms with Crippen molar-refractivity contribution in [3.63, 3.8) is 0 Å². The van der Waals surface area contributed by atoms with Crippen LogP contribution in [0, 0.1) is 11.3 Å². The van der Waals surface area contributed by atoms with Crippen molar-refractivity contribution in [2.24, 2.45) is 5.14 Å². The molecule has 2 fully saturated rings. The summed E-state index contributed by atoms with van der Waals surface area (Å²) in [7, 11) is -3.49. The van der Waals surface area contributed by atoms with E-state index in [0.717, 1.165) is 12.2 Å². The monoisotopic (exact) mass is 376 g/mol. The van der Waals surface area contributed by atoms with Crippen LogP contribution in [0.25, 0.3) is 0 Å². The van der Waals surface area contributed by atoms with E-state index >= 15 is 0 Å². The van der Waals surface area contributed by atoms with Crippen LogP contribution >= 0.6 is 0 Å². The average Bonchev–Trinajstić information content (AvgIpc) is 2.52. The number of ether oxygens (including phenoxy) is 1. The third-order valence-corrected chi connectivity index (χ3v) is 6.72. The first-order valence-electron chi connectivity index (χ1n) is 9.22. The first kappa shape index (κ1) is 17.7. The Morgan fingerprint density at radius 2 is 2.08 bits per heavy atom. The number of aryl methyl sites for hydroxylation is 1. The van der Waals surface area contributed by atoms with Crippen molar-refractivity contribution < 1.29 is 13.2 Å². The first-order chi connectivity index (χ1) is 12.4. The number of hydrogen-bond acceptors (Lipinski definition) is 6. The van der Waals surface area contributed by atoms with Gasteiger partial charge < -0.3 is 9.64 Å². The highest BCUT2D eigenvalue weighted by atomic mass is 32.2. The van der Waals surface area contributed by atoms with Gasteiger partial charge in [-0.25, -0.2) is 18.5 Å². The van der Waals surface area contributed by atoms with Gasteiger partial charge in [0, 0.05) is 18.5 Å². The largest absolute Gasteiger partial charge is 0.373 e. The highest BCUT2D eigenvalue weighted by Crippen LogP contribution is 2.51. The zero-order valence-corrected chi connectivity index (χ0v) is 15.6. The SMILES string of the molecule is N#Cc1cc2c(nc1N1CC(OCCS(N)(=O)=O)C1)C1(CCC2)CCC1. The minimum absolute atomic E-state index is 0.0428. The van der Waals surface area contributed by atoms with Crippen molar-refractivity contribution in [3.05, 3.63) is 22.9 Å². The molecular weight excluding hydrogens is 352 g/mol. The molecule has 0 bridgehead atoms. The second-order valence-corrected chi connectivity index (χ2v) is 9.47. The molecule has 7 nitrogen and oxygen atoms in total. The standard InChI is InChI=1S/C18H24N4O3S/c19-10-14-9-13-3-1-4-18(5-2-6-18)16(13)21-17(14)22-11-15(12-22)25-7-8-26(20,23)24/h9,15H,1-8,11-12H2,(H2,20,23,24). The third-order valence-electron chi connectivity index (χ3n) is 5.99. The van der Waals surface area contributed by atoms with Gasteiger partial charge in [-0.1, -0.05) is 6.42 Å². The van der Waals surface area contributed by atoms with E-state index in [-0.39, 0.29) is 23.9 Å².